The van der Waals surface area contributed by atoms with Crippen LogP contribution in [0.15, 0.2) is 47.3 Å². The van der Waals surface area contributed by atoms with Gasteiger partial charge in [0.2, 0.25) is 0 Å². The van der Waals surface area contributed by atoms with Crippen LogP contribution >= 0.6 is 0 Å². The van der Waals surface area contributed by atoms with Gasteiger partial charge >= 0.3 is 5.97 Å². The molecule has 4 rings (SSSR count). The number of halogens is 1. The number of carboxylic acids is 1. The lowest BCUT2D eigenvalue weighted by Gasteiger charge is -2.27. The van der Waals surface area contributed by atoms with Crippen molar-refractivity contribution in [3.8, 4) is 22.9 Å². The first-order valence-corrected chi connectivity index (χ1v) is 10.4. The number of fused-ring (bicyclic) bond motifs is 1. The minimum atomic E-state index is -1.13. The number of aromatic nitrogens is 1. The Hall–Kier alpha value is -3.66. The van der Waals surface area contributed by atoms with Gasteiger partial charge in [0.25, 0.3) is 5.56 Å². The Labute approximate surface area is 184 Å². The van der Waals surface area contributed by atoms with E-state index in [2.05, 4.69) is 6.07 Å². The average molecular weight is 434 g/mol. The molecule has 0 radical (unpaired) electrons. The van der Waals surface area contributed by atoms with E-state index in [0.717, 1.165) is 12.8 Å². The van der Waals surface area contributed by atoms with Crippen LogP contribution in [0.4, 0.5) is 4.39 Å². The van der Waals surface area contributed by atoms with Gasteiger partial charge in [-0.1, -0.05) is 32.9 Å². The number of carboxylic acid groups (broad SMARTS) is 1. The Morgan fingerprint density at radius 2 is 1.94 bits per heavy atom. The van der Waals surface area contributed by atoms with E-state index < -0.39 is 23.3 Å². The van der Waals surface area contributed by atoms with Gasteiger partial charge in [0, 0.05) is 27.8 Å². The molecule has 1 aromatic heterocycles. The van der Waals surface area contributed by atoms with E-state index in [0.29, 0.717) is 21.9 Å². The molecule has 1 fully saturated rings. The zero-order valence-corrected chi connectivity index (χ0v) is 18.1. The van der Waals surface area contributed by atoms with E-state index in [-0.39, 0.29) is 23.0 Å². The number of carbonyl (C=O) groups is 1. The third-order valence-electron chi connectivity index (χ3n) is 5.58. The Bertz CT molecular complexity index is 1330. The summed E-state index contributed by atoms with van der Waals surface area (Å²) in [6.07, 6.45) is 0.478. The number of pyridine rings is 1. The molecule has 1 aliphatic rings. The second-order valence-corrected chi connectivity index (χ2v) is 9.16. The van der Waals surface area contributed by atoms with Crippen LogP contribution in [0.5, 0.6) is 5.75 Å². The van der Waals surface area contributed by atoms with Gasteiger partial charge in [0.1, 0.15) is 23.3 Å². The molecule has 164 valence electrons. The van der Waals surface area contributed by atoms with Crippen LogP contribution in [0.25, 0.3) is 21.9 Å². The van der Waals surface area contributed by atoms with Gasteiger partial charge in [-0.15, -0.1) is 0 Å². The number of nitriles is 1. The van der Waals surface area contributed by atoms with Crippen LogP contribution in [-0.4, -0.2) is 21.7 Å². The maximum absolute atomic E-state index is 14.1. The number of hydrogen-bond acceptors (Lipinski definition) is 4. The number of ether oxygens (including phenoxy) is 1. The maximum atomic E-state index is 14.1. The first-order valence-electron chi connectivity index (χ1n) is 10.4. The predicted octanol–water partition coefficient (Wildman–Crippen LogP) is 4.89. The molecule has 0 bridgehead atoms. The van der Waals surface area contributed by atoms with Gasteiger partial charge in [-0.2, -0.15) is 5.26 Å². The van der Waals surface area contributed by atoms with Crippen molar-refractivity contribution < 1.29 is 19.0 Å². The van der Waals surface area contributed by atoms with E-state index in [1.165, 1.54) is 16.7 Å². The number of nitrogens with zero attached hydrogens (tertiary/aromatic N) is 2. The molecule has 3 aromatic rings. The van der Waals surface area contributed by atoms with Crippen LogP contribution in [-0.2, 0) is 4.79 Å². The summed E-state index contributed by atoms with van der Waals surface area (Å²) in [6, 6.07) is 12.7. The zero-order valence-electron chi connectivity index (χ0n) is 18.1. The number of aliphatic carboxylic acids is 1. The number of hydrogen-bond donors (Lipinski definition) is 1. The van der Waals surface area contributed by atoms with Crippen molar-refractivity contribution >= 4 is 16.7 Å². The van der Waals surface area contributed by atoms with Crippen molar-refractivity contribution in [3.63, 3.8) is 0 Å². The van der Waals surface area contributed by atoms with E-state index in [1.807, 2.05) is 0 Å². The largest absolute Gasteiger partial charge is 0.478 e. The minimum Gasteiger partial charge on any atom is -0.478 e. The van der Waals surface area contributed by atoms with Gasteiger partial charge in [-0.05, 0) is 48.7 Å². The van der Waals surface area contributed by atoms with Crippen LogP contribution in [0.1, 0.15) is 45.3 Å². The first kappa shape index (κ1) is 21.6. The molecule has 0 amide bonds. The quantitative estimate of drug-likeness (QED) is 0.617. The van der Waals surface area contributed by atoms with Crippen molar-refractivity contribution in [2.24, 2.45) is 5.41 Å². The van der Waals surface area contributed by atoms with Crippen molar-refractivity contribution in [3.05, 3.63) is 64.3 Å². The lowest BCUT2D eigenvalue weighted by Crippen LogP contribution is -2.39. The Balaban J connectivity index is 2.00. The van der Waals surface area contributed by atoms with Gasteiger partial charge in [-0.25, -0.2) is 9.18 Å². The third-order valence-corrected chi connectivity index (χ3v) is 5.58. The highest BCUT2D eigenvalue weighted by atomic mass is 19.1. The molecule has 0 aliphatic heterocycles. The molecule has 32 heavy (non-hydrogen) atoms. The average Bonchev–Trinajstić information content (AvgIpc) is 3.55. The molecule has 1 unspecified atom stereocenters. The summed E-state index contributed by atoms with van der Waals surface area (Å²) < 4.78 is 21.4. The standard InChI is InChI=1S/C25H23FN2O4/c1-25(2,3)22(24(30)31)32-17-9-10-18-19(12-17)21(14-5-4-6-15(26)11-14)20(13-27)28(23(18)29)16-7-8-16/h4-6,9-12,16,22H,7-8H2,1-3H3,(H,30,31). The van der Waals surface area contributed by atoms with Gasteiger partial charge < -0.3 is 9.84 Å². The fraction of sp³-hybridized carbons (Fsp3) is 0.320. The normalized spacial score (nSPS) is 14.7. The highest BCUT2D eigenvalue weighted by Crippen LogP contribution is 2.40. The van der Waals surface area contributed by atoms with Gasteiger partial charge in [0.05, 0.1) is 0 Å². The van der Waals surface area contributed by atoms with Crippen molar-refractivity contribution in [2.45, 2.75) is 45.8 Å². The molecular weight excluding hydrogens is 411 g/mol. The highest BCUT2D eigenvalue weighted by Gasteiger charge is 2.34. The molecular formula is C25H23FN2O4. The predicted molar refractivity (Wildman–Crippen MR) is 118 cm³/mol. The Morgan fingerprint density at radius 1 is 1.22 bits per heavy atom. The summed E-state index contributed by atoms with van der Waals surface area (Å²) in [7, 11) is 0. The molecule has 6 nitrogen and oxygen atoms in total. The minimum absolute atomic E-state index is 0.0536. The molecule has 0 spiro atoms. The second-order valence-electron chi connectivity index (χ2n) is 9.16. The highest BCUT2D eigenvalue weighted by molar-refractivity contribution is 5.99. The SMILES string of the molecule is CC(C)(C)C(Oc1ccc2c(=O)n(C3CC3)c(C#N)c(-c3cccc(F)c3)c2c1)C(=O)O. The smallest absolute Gasteiger partial charge is 0.345 e. The maximum Gasteiger partial charge on any atom is 0.345 e. The molecule has 1 N–H and O–H groups in total. The van der Waals surface area contributed by atoms with E-state index in [9.17, 15) is 24.3 Å². The summed E-state index contributed by atoms with van der Waals surface area (Å²) >= 11 is 0. The lowest BCUT2D eigenvalue weighted by atomic mass is 9.89. The molecule has 0 saturated heterocycles. The van der Waals surface area contributed by atoms with Gasteiger partial charge in [-0.3, -0.25) is 9.36 Å². The topological polar surface area (TPSA) is 92.3 Å². The third kappa shape index (κ3) is 3.84. The van der Waals surface area contributed by atoms with Crippen LogP contribution in [0.2, 0.25) is 0 Å². The second kappa shape index (κ2) is 7.79. The van der Waals surface area contributed by atoms with E-state index in [1.54, 1.807) is 51.1 Å². The summed E-state index contributed by atoms with van der Waals surface area (Å²) in [5, 5.41) is 20.4. The molecule has 1 aliphatic carbocycles. The molecule has 1 saturated carbocycles. The zero-order chi connectivity index (χ0) is 23.2. The van der Waals surface area contributed by atoms with Crippen molar-refractivity contribution in [2.75, 3.05) is 0 Å². The van der Waals surface area contributed by atoms with Gasteiger partial charge in [0.15, 0.2) is 6.10 Å². The summed E-state index contributed by atoms with van der Waals surface area (Å²) in [5.41, 5.74) is 0.0827. The van der Waals surface area contributed by atoms with Crippen LogP contribution < -0.4 is 10.3 Å². The fourth-order valence-electron chi connectivity index (χ4n) is 3.93. The summed E-state index contributed by atoms with van der Waals surface area (Å²) in [6.45, 7) is 5.27. The Kier molecular flexibility index (Phi) is 5.25. The van der Waals surface area contributed by atoms with Crippen LogP contribution in [0, 0.1) is 22.6 Å². The van der Waals surface area contributed by atoms with Crippen LogP contribution in [0.3, 0.4) is 0 Å². The van der Waals surface area contributed by atoms with E-state index >= 15 is 0 Å². The van der Waals surface area contributed by atoms with Crippen molar-refractivity contribution in [1.82, 2.24) is 4.57 Å². The van der Waals surface area contributed by atoms with Crippen molar-refractivity contribution in [1.29, 1.82) is 5.26 Å². The van der Waals surface area contributed by atoms with E-state index in [4.69, 9.17) is 4.74 Å². The molecule has 1 heterocycles. The molecule has 7 heteroatoms. The first-order chi connectivity index (χ1) is 15.1. The fourth-order valence-corrected chi connectivity index (χ4v) is 3.93. The summed E-state index contributed by atoms with van der Waals surface area (Å²) in [5.74, 6) is -1.32. The molecule has 2 aromatic carbocycles. The number of rotatable bonds is 5. The molecule has 1 atom stereocenters. The number of benzene rings is 2. The lowest BCUT2D eigenvalue weighted by molar-refractivity contribution is -0.150. The summed E-state index contributed by atoms with van der Waals surface area (Å²) in [4.78, 5) is 25.0. The monoisotopic (exact) mass is 434 g/mol. The Morgan fingerprint density at radius 3 is 2.50 bits per heavy atom.